The molecule has 5 nitrogen and oxygen atoms in total. The van der Waals surface area contributed by atoms with Gasteiger partial charge in [0.05, 0.1) is 12.4 Å². The highest BCUT2D eigenvalue weighted by molar-refractivity contribution is 7.89. The van der Waals surface area contributed by atoms with Crippen LogP contribution in [0.25, 0.3) is 0 Å². The van der Waals surface area contributed by atoms with Gasteiger partial charge in [-0.1, -0.05) is 26.0 Å². The zero-order valence-electron chi connectivity index (χ0n) is 16.0. The largest absolute Gasteiger partial charge is 0.494 e. The normalized spacial score (nSPS) is 28.3. The molecule has 1 aromatic rings. The van der Waals surface area contributed by atoms with Crippen molar-refractivity contribution < 1.29 is 17.9 Å². The van der Waals surface area contributed by atoms with E-state index < -0.39 is 15.4 Å². The lowest BCUT2D eigenvalue weighted by molar-refractivity contribution is -0.128. The van der Waals surface area contributed by atoms with Crippen molar-refractivity contribution in [3.05, 3.63) is 29.8 Å². The molecule has 0 saturated heterocycles. The number of carbonyl (C=O) groups excluding carboxylic acids is 1. The monoisotopic (exact) mass is 379 g/mol. The zero-order valence-corrected chi connectivity index (χ0v) is 16.9. The highest BCUT2D eigenvalue weighted by Crippen LogP contribution is 2.64. The van der Waals surface area contributed by atoms with Crippen LogP contribution in [-0.4, -0.2) is 26.6 Å². The first-order valence-electron chi connectivity index (χ1n) is 9.37. The molecule has 6 heteroatoms. The fraction of sp³-hybridized carbons (Fsp3) is 0.650. The smallest absolute Gasteiger partial charge is 0.213 e. The third-order valence-corrected chi connectivity index (χ3v) is 8.19. The van der Waals surface area contributed by atoms with Gasteiger partial charge in [-0.15, -0.1) is 0 Å². The molecule has 2 saturated carbocycles. The number of hydrogen-bond acceptors (Lipinski definition) is 4. The molecular formula is C20H29NO4S. The Kier molecular flexibility index (Phi) is 4.95. The first-order chi connectivity index (χ1) is 12.1. The summed E-state index contributed by atoms with van der Waals surface area (Å²) in [6, 6.07) is 7.06. The average molecular weight is 380 g/mol. The Morgan fingerprint density at radius 3 is 2.65 bits per heavy atom. The van der Waals surface area contributed by atoms with Gasteiger partial charge in [0.1, 0.15) is 11.5 Å². The Hall–Kier alpha value is -1.40. The molecule has 3 atom stereocenters. The number of benzene rings is 1. The SMILES string of the molecule is CCOc1cccc(C(C)NS(=O)(=O)CC23CCC(CC2=O)C3(C)C)c1. The summed E-state index contributed by atoms with van der Waals surface area (Å²) < 4.78 is 34.1. The van der Waals surface area contributed by atoms with E-state index in [9.17, 15) is 13.2 Å². The van der Waals surface area contributed by atoms with Crippen LogP contribution in [0.5, 0.6) is 5.75 Å². The minimum Gasteiger partial charge on any atom is -0.494 e. The van der Waals surface area contributed by atoms with Crippen molar-refractivity contribution in [1.29, 1.82) is 0 Å². The van der Waals surface area contributed by atoms with Crippen LogP contribution in [0, 0.1) is 16.7 Å². The van der Waals surface area contributed by atoms with E-state index in [1.807, 2.05) is 38.1 Å². The maximum absolute atomic E-state index is 12.9. The lowest BCUT2D eigenvalue weighted by Gasteiger charge is -2.36. The minimum atomic E-state index is -3.60. The van der Waals surface area contributed by atoms with Gasteiger partial charge in [-0.3, -0.25) is 4.79 Å². The summed E-state index contributed by atoms with van der Waals surface area (Å²) in [5.74, 6) is 1.04. The van der Waals surface area contributed by atoms with Gasteiger partial charge in [0, 0.05) is 17.9 Å². The van der Waals surface area contributed by atoms with E-state index in [4.69, 9.17) is 4.74 Å². The van der Waals surface area contributed by atoms with E-state index in [-0.39, 0.29) is 23.0 Å². The van der Waals surface area contributed by atoms with Crippen molar-refractivity contribution >= 4 is 15.8 Å². The molecule has 3 unspecified atom stereocenters. The molecule has 1 N–H and O–H groups in total. The van der Waals surface area contributed by atoms with Gasteiger partial charge in [-0.25, -0.2) is 13.1 Å². The van der Waals surface area contributed by atoms with E-state index in [0.717, 1.165) is 17.7 Å². The van der Waals surface area contributed by atoms with Gasteiger partial charge in [-0.2, -0.15) is 0 Å². The predicted octanol–water partition coefficient (Wildman–Crippen LogP) is 3.46. The van der Waals surface area contributed by atoms with Crippen LogP contribution in [0.4, 0.5) is 0 Å². The lowest BCUT2D eigenvalue weighted by atomic mass is 9.70. The highest BCUT2D eigenvalue weighted by atomic mass is 32.2. The third kappa shape index (κ3) is 3.18. The predicted molar refractivity (Wildman–Crippen MR) is 102 cm³/mol. The maximum atomic E-state index is 12.9. The molecule has 0 radical (unpaired) electrons. The fourth-order valence-corrected chi connectivity index (χ4v) is 6.94. The van der Waals surface area contributed by atoms with E-state index in [1.54, 1.807) is 0 Å². The van der Waals surface area contributed by atoms with Crippen LogP contribution in [-0.2, 0) is 14.8 Å². The van der Waals surface area contributed by atoms with Gasteiger partial charge >= 0.3 is 0 Å². The molecule has 3 rings (SSSR count). The van der Waals surface area contributed by atoms with Crippen LogP contribution in [0.1, 0.15) is 58.6 Å². The molecule has 0 amide bonds. The van der Waals surface area contributed by atoms with Gasteiger partial charge in [0.25, 0.3) is 0 Å². The van der Waals surface area contributed by atoms with Gasteiger partial charge in [0.2, 0.25) is 10.0 Å². The molecule has 0 spiro atoms. The second kappa shape index (κ2) is 6.64. The van der Waals surface area contributed by atoms with Crippen molar-refractivity contribution in [3.63, 3.8) is 0 Å². The maximum Gasteiger partial charge on any atom is 0.213 e. The number of rotatable bonds is 7. The minimum absolute atomic E-state index is 0.113. The standard InChI is InChI=1S/C20H29NO4S/c1-5-25-17-8-6-7-15(11-17)14(2)21-26(23,24)13-20-10-9-16(12-18(20)22)19(20,3)4/h6-8,11,14,16,21H,5,9-10,12-13H2,1-4H3. The number of ether oxygens (including phenoxy) is 1. The summed E-state index contributed by atoms with van der Waals surface area (Å²) >= 11 is 0. The van der Waals surface area contributed by atoms with Crippen LogP contribution in [0.15, 0.2) is 24.3 Å². The molecule has 26 heavy (non-hydrogen) atoms. The molecule has 2 fully saturated rings. The molecule has 0 aromatic heterocycles. The fourth-order valence-electron chi connectivity index (χ4n) is 4.85. The molecule has 2 aliphatic rings. The number of sulfonamides is 1. The molecule has 1 aromatic carbocycles. The van der Waals surface area contributed by atoms with Crippen LogP contribution in [0.3, 0.4) is 0 Å². The van der Waals surface area contributed by atoms with Gasteiger partial charge in [0.15, 0.2) is 0 Å². The van der Waals surface area contributed by atoms with Gasteiger partial charge in [-0.05, 0) is 55.7 Å². The average Bonchev–Trinajstić information content (AvgIpc) is 2.88. The number of carbonyl (C=O) groups is 1. The second-order valence-electron chi connectivity index (χ2n) is 8.27. The van der Waals surface area contributed by atoms with E-state index >= 15 is 0 Å². The molecule has 0 aliphatic heterocycles. The number of ketones is 1. The summed E-state index contributed by atoms with van der Waals surface area (Å²) in [5, 5.41) is 0. The topological polar surface area (TPSA) is 72.5 Å². The molecule has 144 valence electrons. The summed E-state index contributed by atoms with van der Waals surface area (Å²) in [6.45, 7) is 8.40. The van der Waals surface area contributed by atoms with Crippen LogP contribution < -0.4 is 9.46 Å². The Labute approximate surface area is 156 Å². The van der Waals surface area contributed by atoms with E-state index in [0.29, 0.717) is 25.4 Å². The quantitative estimate of drug-likeness (QED) is 0.787. The number of Topliss-reactive ketones (excluding diaryl/α,β-unsaturated/α-hetero) is 1. The molecular weight excluding hydrogens is 350 g/mol. The third-order valence-electron chi connectivity index (χ3n) is 6.60. The molecule has 2 bridgehead atoms. The Morgan fingerprint density at radius 1 is 1.35 bits per heavy atom. The number of fused-ring (bicyclic) bond motifs is 2. The summed E-state index contributed by atoms with van der Waals surface area (Å²) in [5.41, 5.74) is -0.147. The first kappa shape index (κ1) is 19.4. The second-order valence-corrected chi connectivity index (χ2v) is 10.0. The van der Waals surface area contributed by atoms with Crippen molar-refractivity contribution in [2.24, 2.45) is 16.7 Å². The van der Waals surface area contributed by atoms with Crippen LogP contribution >= 0.6 is 0 Å². The summed E-state index contributed by atoms with van der Waals surface area (Å²) in [4.78, 5) is 12.6. The molecule has 0 heterocycles. The Bertz CT molecular complexity index is 802. The van der Waals surface area contributed by atoms with Crippen molar-refractivity contribution in [2.75, 3.05) is 12.4 Å². The van der Waals surface area contributed by atoms with Crippen molar-refractivity contribution in [1.82, 2.24) is 4.72 Å². The summed E-state index contributed by atoms with van der Waals surface area (Å²) in [6.07, 6.45) is 2.15. The van der Waals surface area contributed by atoms with E-state index in [2.05, 4.69) is 18.6 Å². The summed E-state index contributed by atoms with van der Waals surface area (Å²) in [7, 11) is -3.60. The van der Waals surface area contributed by atoms with Crippen LogP contribution in [0.2, 0.25) is 0 Å². The Morgan fingerprint density at radius 2 is 2.08 bits per heavy atom. The van der Waals surface area contributed by atoms with E-state index in [1.165, 1.54) is 0 Å². The van der Waals surface area contributed by atoms with Crippen molar-refractivity contribution in [3.8, 4) is 5.75 Å². The van der Waals surface area contributed by atoms with Gasteiger partial charge < -0.3 is 4.74 Å². The first-order valence-corrected chi connectivity index (χ1v) is 11.0. The number of nitrogens with one attached hydrogen (secondary N) is 1. The molecule has 2 aliphatic carbocycles. The highest BCUT2D eigenvalue weighted by Gasteiger charge is 2.65. The number of hydrogen-bond donors (Lipinski definition) is 1. The Balaban J connectivity index is 1.77. The zero-order chi connectivity index (χ0) is 19.2. The lowest BCUT2D eigenvalue weighted by Crippen LogP contribution is -2.45. The van der Waals surface area contributed by atoms with Crippen molar-refractivity contribution in [2.45, 2.75) is 53.0 Å².